The van der Waals surface area contributed by atoms with E-state index in [4.69, 9.17) is 4.98 Å². The maximum absolute atomic E-state index is 13.8. The monoisotopic (exact) mass is 502 g/mol. The highest BCUT2D eigenvalue weighted by Gasteiger charge is 2.20. The minimum atomic E-state index is -2.97. The third-order valence-corrected chi connectivity index (χ3v) is 7.72. The Hall–Kier alpha value is -4.11. The van der Waals surface area contributed by atoms with Gasteiger partial charge in [0.25, 0.3) is 0 Å². The van der Waals surface area contributed by atoms with Crippen LogP contribution in [0, 0.1) is 5.82 Å². The van der Waals surface area contributed by atoms with Gasteiger partial charge in [0, 0.05) is 27.5 Å². The van der Waals surface area contributed by atoms with Crippen LogP contribution in [0.3, 0.4) is 0 Å². The van der Waals surface area contributed by atoms with E-state index in [0.717, 1.165) is 33.1 Å². The number of aromatic nitrogens is 3. The van der Waals surface area contributed by atoms with Gasteiger partial charge < -0.3 is 5.11 Å². The van der Waals surface area contributed by atoms with Crippen molar-refractivity contribution in [1.82, 2.24) is 15.2 Å². The molecule has 36 heavy (non-hydrogen) atoms. The maximum atomic E-state index is 13.8. The molecule has 7 nitrogen and oxygen atoms in total. The van der Waals surface area contributed by atoms with Gasteiger partial charge in [-0.05, 0) is 65.4 Å². The van der Waals surface area contributed by atoms with Gasteiger partial charge in [0.15, 0.2) is 5.82 Å². The number of aromatic carboxylic acids is 1. The number of aromatic amines is 1. The van der Waals surface area contributed by atoms with Gasteiger partial charge in [-0.1, -0.05) is 26.0 Å². The molecule has 0 fully saturated rings. The minimum Gasteiger partial charge on any atom is -0.478 e. The molecule has 0 saturated carbocycles. The number of pyridine rings is 1. The Morgan fingerprint density at radius 1 is 1.06 bits per heavy atom. The molecule has 5 aromatic rings. The summed E-state index contributed by atoms with van der Waals surface area (Å²) in [6.07, 6.45) is 3.23. The summed E-state index contributed by atoms with van der Waals surface area (Å²) >= 11 is 0. The van der Waals surface area contributed by atoms with Gasteiger partial charge in [-0.25, -0.2) is 18.4 Å². The SMILES string of the molecule is CC(C)c1nc(N=S(C)(=O)c2ccc(C(=O)O)cc2)c2cc3[nH]ncc3cc2c1-c1ccc(F)cc1. The Bertz CT molecular complexity index is 1750. The zero-order valence-corrected chi connectivity index (χ0v) is 20.6. The Morgan fingerprint density at radius 3 is 2.39 bits per heavy atom. The van der Waals surface area contributed by atoms with E-state index in [1.165, 1.54) is 42.7 Å². The molecule has 0 saturated heterocycles. The van der Waals surface area contributed by atoms with Crippen molar-refractivity contribution in [2.45, 2.75) is 24.7 Å². The third kappa shape index (κ3) is 4.22. The number of nitrogens with one attached hydrogen (secondary N) is 1. The van der Waals surface area contributed by atoms with E-state index in [2.05, 4.69) is 14.6 Å². The summed E-state index contributed by atoms with van der Waals surface area (Å²) in [6.45, 7) is 4.02. The topological polar surface area (TPSA) is 108 Å². The van der Waals surface area contributed by atoms with E-state index in [1.54, 1.807) is 18.3 Å². The van der Waals surface area contributed by atoms with Crippen molar-refractivity contribution in [3.63, 3.8) is 0 Å². The molecule has 0 amide bonds. The molecule has 0 aliphatic carbocycles. The largest absolute Gasteiger partial charge is 0.478 e. The molecule has 5 rings (SSSR count). The fourth-order valence-electron chi connectivity index (χ4n) is 4.23. The predicted octanol–water partition coefficient (Wildman–Crippen LogP) is 6.53. The summed E-state index contributed by atoms with van der Waals surface area (Å²) in [5.74, 6) is -1.09. The normalized spacial score (nSPS) is 13.2. The van der Waals surface area contributed by atoms with Gasteiger partial charge in [0.1, 0.15) is 5.82 Å². The van der Waals surface area contributed by atoms with E-state index in [-0.39, 0.29) is 17.3 Å². The van der Waals surface area contributed by atoms with Crippen LogP contribution in [0.4, 0.5) is 10.2 Å². The molecule has 3 aromatic carbocycles. The molecule has 2 aromatic heterocycles. The molecule has 0 spiro atoms. The molecule has 1 atom stereocenters. The van der Waals surface area contributed by atoms with E-state index < -0.39 is 15.7 Å². The number of halogens is 1. The molecule has 0 aliphatic rings. The molecule has 9 heteroatoms. The quantitative estimate of drug-likeness (QED) is 0.284. The number of carbonyl (C=O) groups is 1. The van der Waals surface area contributed by atoms with Gasteiger partial charge >= 0.3 is 5.97 Å². The van der Waals surface area contributed by atoms with Crippen LogP contribution in [0.1, 0.15) is 35.8 Å². The van der Waals surface area contributed by atoms with Crippen LogP contribution >= 0.6 is 0 Å². The lowest BCUT2D eigenvalue weighted by Crippen LogP contribution is -2.02. The van der Waals surface area contributed by atoms with Crippen molar-refractivity contribution in [1.29, 1.82) is 0 Å². The number of benzene rings is 3. The first-order valence-corrected chi connectivity index (χ1v) is 13.2. The van der Waals surface area contributed by atoms with Gasteiger partial charge in [0.2, 0.25) is 0 Å². The predicted molar refractivity (Wildman–Crippen MR) is 139 cm³/mol. The summed E-state index contributed by atoms with van der Waals surface area (Å²) in [5.41, 5.74) is 3.29. The molecular formula is C27H23FN4O3S. The fraction of sp³-hybridized carbons (Fsp3) is 0.148. The molecule has 182 valence electrons. The number of hydrogen-bond donors (Lipinski definition) is 2. The summed E-state index contributed by atoms with van der Waals surface area (Å²) in [7, 11) is -2.97. The average Bonchev–Trinajstić information content (AvgIpc) is 3.31. The van der Waals surface area contributed by atoms with Gasteiger partial charge in [0.05, 0.1) is 32.7 Å². The van der Waals surface area contributed by atoms with Crippen molar-refractivity contribution < 1.29 is 18.5 Å². The van der Waals surface area contributed by atoms with Crippen LogP contribution in [0.2, 0.25) is 0 Å². The standard InChI is InChI=1S/C27H23FN4O3S/c1-15(2)25-24(16-4-8-19(28)9-5-16)21-12-18-14-29-31-23(18)13-22(21)26(30-25)32-36(3,35)20-10-6-17(7-11-20)27(33)34/h4-15H,1-3H3,(H,29,31)(H,33,34). The van der Waals surface area contributed by atoms with Crippen LogP contribution in [0.15, 0.2) is 76.1 Å². The number of nitrogens with zero attached hydrogens (tertiary/aromatic N) is 3. The number of hydrogen-bond acceptors (Lipinski definition) is 5. The van der Waals surface area contributed by atoms with Crippen LogP contribution in [-0.4, -0.2) is 36.7 Å². The van der Waals surface area contributed by atoms with Crippen molar-refractivity contribution in [3.05, 3.63) is 83.9 Å². The third-order valence-electron chi connectivity index (χ3n) is 6.05. The Balaban J connectivity index is 1.83. The van der Waals surface area contributed by atoms with E-state index in [9.17, 15) is 18.5 Å². The number of H-pyrrole nitrogens is 1. The molecule has 0 bridgehead atoms. The lowest BCUT2D eigenvalue weighted by molar-refractivity contribution is 0.0696. The lowest BCUT2D eigenvalue weighted by atomic mass is 9.92. The lowest BCUT2D eigenvalue weighted by Gasteiger charge is -2.18. The first-order chi connectivity index (χ1) is 17.1. The van der Waals surface area contributed by atoms with Crippen molar-refractivity contribution in [2.24, 2.45) is 4.36 Å². The summed E-state index contributed by atoms with van der Waals surface area (Å²) in [4.78, 5) is 16.5. The second-order valence-electron chi connectivity index (χ2n) is 8.94. The Labute approximate surface area is 207 Å². The second kappa shape index (κ2) is 8.83. The number of carboxylic acids is 1. The van der Waals surface area contributed by atoms with Gasteiger partial charge in [-0.2, -0.15) is 9.46 Å². The summed E-state index contributed by atoms with van der Waals surface area (Å²) < 4.78 is 32.1. The van der Waals surface area contributed by atoms with Gasteiger partial charge in [-0.15, -0.1) is 0 Å². The zero-order chi connectivity index (χ0) is 25.6. The average molecular weight is 503 g/mol. The van der Waals surface area contributed by atoms with Gasteiger partial charge in [-0.3, -0.25) is 5.10 Å². The maximum Gasteiger partial charge on any atom is 0.335 e. The minimum absolute atomic E-state index is 0.00814. The molecular weight excluding hydrogens is 479 g/mol. The number of carboxylic acid groups (broad SMARTS) is 1. The van der Waals surface area contributed by atoms with Crippen molar-refractivity contribution >= 4 is 43.2 Å². The van der Waals surface area contributed by atoms with E-state index in [1.807, 2.05) is 26.0 Å². The van der Waals surface area contributed by atoms with Crippen molar-refractivity contribution in [2.75, 3.05) is 6.26 Å². The second-order valence-corrected chi connectivity index (χ2v) is 11.2. The van der Waals surface area contributed by atoms with Crippen LogP contribution in [0.5, 0.6) is 0 Å². The van der Waals surface area contributed by atoms with Crippen LogP contribution in [0.25, 0.3) is 32.8 Å². The molecule has 2 N–H and O–H groups in total. The number of fused-ring (bicyclic) bond motifs is 2. The van der Waals surface area contributed by atoms with Crippen molar-refractivity contribution in [3.8, 4) is 11.1 Å². The molecule has 2 heterocycles. The first kappa shape index (κ1) is 23.6. The smallest absolute Gasteiger partial charge is 0.335 e. The first-order valence-electron chi connectivity index (χ1n) is 11.3. The molecule has 1 unspecified atom stereocenters. The molecule has 0 radical (unpaired) electrons. The summed E-state index contributed by atoms with van der Waals surface area (Å²) in [6, 6.07) is 16.0. The van der Waals surface area contributed by atoms with Crippen LogP contribution < -0.4 is 0 Å². The molecule has 0 aliphatic heterocycles. The Morgan fingerprint density at radius 2 is 1.75 bits per heavy atom. The highest BCUT2D eigenvalue weighted by Crippen LogP contribution is 2.41. The Kier molecular flexibility index (Phi) is 5.80. The van der Waals surface area contributed by atoms with Crippen LogP contribution in [-0.2, 0) is 9.73 Å². The fourth-order valence-corrected chi connectivity index (χ4v) is 5.44. The highest BCUT2D eigenvalue weighted by atomic mass is 32.2. The summed E-state index contributed by atoms with van der Waals surface area (Å²) in [5, 5.41) is 18.7. The zero-order valence-electron chi connectivity index (χ0n) is 19.8. The number of rotatable bonds is 5. The van der Waals surface area contributed by atoms with E-state index in [0.29, 0.717) is 16.1 Å². The van der Waals surface area contributed by atoms with E-state index >= 15 is 0 Å². The highest BCUT2D eigenvalue weighted by molar-refractivity contribution is 7.93.